The van der Waals surface area contributed by atoms with E-state index in [9.17, 15) is 9.59 Å². The number of carbonyl (C=O) groups excluding carboxylic acids is 2. The lowest BCUT2D eigenvalue weighted by molar-refractivity contribution is -0.135. The van der Waals surface area contributed by atoms with Crippen molar-refractivity contribution in [2.45, 2.75) is 70.1 Å². The lowest BCUT2D eigenvalue weighted by Gasteiger charge is -2.39. The van der Waals surface area contributed by atoms with Crippen LogP contribution in [0, 0.1) is 5.92 Å². The maximum Gasteiger partial charge on any atom is 0.463 e. The minimum absolute atomic E-state index is 0.0333. The smallest absolute Gasteiger partial charge is 0.403 e. The minimum atomic E-state index is -0.405. The van der Waals surface area contributed by atoms with Gasteiger partial charge in [-0.3, -0.25) is 14.9 Å². The summed E-state index contributed by atoms with van der Waals surface area (Å²) in [6.07, 6.45) is 0.630. The summed E-state index contributed by atoms with van der Waals surface area (Å²) in [5, 5.41) is 6.08. The van der Waals surface area contributed by atoms with E-state index in [1.165, 1.54) is 0 Å². The zero-order valence-corrected chi connectivity index (χ0v) is 16.1. The summed E-state index contributed by atoms with van der Waals surface area (Å²) in [5.74, 6) is 0.0799. The monoisotopic (exact) mass is 351 g/mol. The number of likely N-dealkylation sites (N-methyl/N-ethyl adjacent to an activating group) is 2. The molecule has 0 bridgehead atoms. The van der Waals surface area contributed by atoms with Crippen LogP contribution in [0.3, 0.4) is 0 Å². The number of carbonyl (C=O) groups is 2. The number of rotatable bonds is 3. The van der Waals surface area contributed by atoms with Crippen LogP contribution < -0.4 is 10.6 Å². The largest absolute Gasteiger partial charge is 0.463 e. The van der Waals surface area contributed by atoms with Crippen molar-refractivity contribution in [3.8, 4) is 0 Å². The molecule has 3 fully saturated rings. The van der Waals surface area contributed by atoms with E-state index < -0.39 is 11.2 Å². The number of likely N-dealkylation sites (tertiary alicyclic amines) is 1. The van der Waals surface area contributed by atoms with Gasteiger partial charge < -0.3 is 19.5 Å². The highest BCUT2D eigenvalue weighted by molar-refractivity contribution is 6.48. The lowest BCUT2D eigenvalue weighted by atomic mass is 9.60. The van der Waals surface area contributed by atoms with Crippen molar-refractivity contribution >= 4 is 18.9 Å². The third kappa shape index (κ3) is 3.08. The molecule has 0 spiro atoms. The Kier molecular flexibility index (Phi) is 4.67. The van der Waals surface area contributed by atoms with Crippen molar-refractivity contribution in [2.75, 3.05) is 20.1 Å². The van der Waals surface area contributed by atoms with Crippen molar-refractivity contribution in [1.29, 1.82) is 0 Å². The first-order chi connectivity index (χ1) is 11.6. The van der Waals surface area contributed by atoms with Gasteiger partial charge in [-0.1, -0.05) is 0 Å². The van der Waals surface area contributed by atoms with E-state index in [4.69, 9.17) is 9.31 Å². The van der Waals surface area contributed by atoms with Crippen molar-refractivity contribution in [1.82, 2.24) is 15.5 Å². The quantitative estimate of drug-likeness (QED) is 0.720. The Morgan fingerprint density at radius 2 is 1.92 bits per heavy atom. The fourth-order valence-corrected chi connectivity index (χ4v) is 4.10. The molecule has 3 heterocycles. The fraction of sp³-hybridized carbons (Fsp3) is 0.882. The summed E-state index contributed by atoms with van der Waals surface area (Å²) >= 11 is 0. The average Bonchev–Trinajstić information content (AvgIpc) is 3.03. The van der Waals surface area contributed by atoms with Gasteiger partial charge in [0, 0.05) is 26.0 Å². The van der Waals surface area contributed by atoms with Gasteiger partial charge in [0.05, 0.1) is 23.3 Å². The first-order valence-corrected chi connectivity index (χ1v) is 9.22. The van der Waals surface area contributed by atoms with E-state index in [0.717, 1.165) is 0 Å². The second-order valence-electron chi connectivity index (χ2n) is 8.50. The average molecular weight is 351 g/mol. The second-order valence-corrected chi connectivity index (χ2v) is 8.50. The molecule has 8 heteroatoms. The van der Waals surface area contributed by atoms with Gasteiger partial charge in [0.25, 0.3) is 0 Å². The van der Waals surface area contributed by atoms with Crippen LogP contribution in [0.25, 0.3) is 0 Å². The van der Waals surface area contributed by atoms with Crippen LogP contribution in [0.2, 0.25) is 5.82 Å². The predicted molar refractivity (Wildman–Crippen MR) is 95.0 cm³/mol. The van der Waals surface area contributed by atoms with E-state index >= 15 is 0 Å². The minimum Gasteiger partial charge on any atom is -0.403 e. The molecule has 0 aromatic rings. The number of piperidine rings is 1. The molecule has 0 aliphatic carbocycles. The highest BCUT2D eigenvalue weighted by atomic mass is 16.7. The third-order valence-corrected chi connectivity index (χ3v) is 6.28. The van der Waals surface area contributed by atoms with Crippen LogP contribution in [0.15, 0.2) is 0 Å². The predicted octanol–water partition coefficient (Wildman–Crippen LogP) is 0.404. The standard InChI is InChI=1S/C17H30BN3O4/c1-7-19-14(22)12-8-10-11(9-21(6)15(23)13(10)20-12)18-24-16(2,3)17(4,5)25-18/h10-13,20H,7-9H2,1-6H3,(H,19,22). The molecule has 25 heavy (non-hydrogen) atoms. The molecule has 2 N–H and O–H groups in total. The maximum absolute atomic E-state index is 12.6. The summed E-state index contributed by atoms with van der Waals surface area (Å²) in [7, 11) is 1.43. The van der Waals surface area contributed by atoms with Crippen molar-refractivity contribution in [3.05, 3.63) is 0 Å². The van der Waals surface area contributed by atoms with E-state index in [-0.39, 0.29) is 42.8 Å². The van der Waals surface area contributed by atoms with Crippen molar-refractivity contribution in [3.63, 3.8) is 0 Å². The summed E-state index contributed by atoms with van der Waals surface area (Å²) in [4.78, 5) is 26.6. The number of nitrogens with zero attached hydrogens (tertiary/aromatic N) is 1. The molecule has 4 unspecified atom stereocenters. The first kappa shape index (κ1) is 18.7. The van der Waals surface area contributed by atoms with Gasteiger partial charge in [-0.25, -0.2) is 0 Å². The second kappa shape index (κ2) is 6.25. The van der Waals surface area contributed by atoms with E-state index in [1.807, 2.05) is 34.6 Å². The van der Waals surface area contributed by atoms with Gasteiger partial charge in [-0.2, -0.15) is 0 Å². The van der Waals surface area contributed by atoms with Crippen LogP contribution in [0.1, 0.15) is 41.0 Å². The van der Waals surface area contributed by atoms with E-state index in [1.54, 1.807) is 11.9 Å². The molecule has 7 nitrogen and oxygen atoms in total. The summed E-state index contributed by atoms with van der Waals surface area (Å²) in [6.45, 7) is 11.2. The van der Waals surface area contributed by atoms with Crippen LogP contribution in [-0.2, 0) is 18.9 Å². The molecule has 3 saturated heterocycles. The van der Waals surface area contributed by atoms with Gasteiger partial charge >= 0.3 is 7.12 Å². The lowest BCUT2D eigenvalue weighted by Crippen LogP contribution is -2.56. The van der Waals surface area contributed by atoms with E-state index in [0.29, 0.717) is 19.5 Å². The normalized spacial score (nSPS) is 36.5. The number of hydrogen-bond donors (Lipinski definition) is 2. The SMILES string of the molecule is CCNC(=O)C1CC2C(B3OC(C)(C)C(C)(C)O3)CN(C)C(=O)C2N1. The number of fused-ring (bicyclic) bond motifs is 1. The molecular weight excluding hydrogens is 321 g/mol. The zero-order chi connectivity index (χ0) is 18.6. The molecule has 3 rings (SSSR count). The van der Waals surface area contributed by atoms with Crippen LogP contribution in [0.4, 0.5) is 0 Å². The van der Waals surface area contributed by atoms with Gasteiger partial charge in [-0.15, -0.1) is 0 Å². The first-order valence-electron chi connectivity index (χ1n) is 9.22. The Morgan fingerprint density at radius 1 is 1.32 bits per heavy atom. The molecule has 0 saturated carbocycles. The zero-order valence-electron chi connectivity index (χ0n) is 16.1. The molecular formula is C17H30BN3O4. The Labute approximate surface area is 150 Å². The molecule has 0 aromatic carbocycles. The summed E-state index contributed by atoms with van der Waals surface area (Å²) in [6, 6.07) is -0.689. The highest BCUT2D eigenvalue weighted by Gasteiger charge is 2.59. The van der Waals surface area contributed by atoms with Gasteiger partial charge in [0.1, 0.15) is 0 Å². The van der Waals surface area contributed by atoms with Crippen LogP contribution >= 0.6 is 0 Å². The van der Waals surface area contributed by atoms with Gasteiger partial charge in [-0.05, 0) is 47.0 Å². The third-order valence-electron chi connectivity index (χ3n) is 6.28. The van der Waals surface area contributed by atoms with Crippen molar-refractivity contribution in [2.24, 2.45) is 5.92 Å². The van der Waals surface area contributed by atoms with Gasteiger partial charge in [0.15, 0.2) is 0 Å². The Bertz CT molecular complexity index is 552. The topological polar surface area (TPSA) is 79.9 Å². The van der Waals surface area contributed by atoms with Crippen LogP contribution in [-0.4, -0.2) is 67.3 Å². The Hall–Kier alpha value is -1.12. The highest BCUT2D eigenvalue weighted by Crippen LogP contribution is 2.46. The number of nitrogens with one attached hydrogen (secondary N) is 2. The molecule has 0 radical (unpaired) electrons. The maximum atomic E-state index is 12.6. The summed E-state index contributed by atoms with van der Waals surface area (Å²) in [5.41, 5.74) is -0.809. The Morgan fingerprint density at radius 3 is 2.48 bits per heavy atom. The van der Waals surface area contributed by atoms with Crippen LogP contribution in [0.5, 0.6) is 0 Å². The number of amides is 2. The molecule has 3 aliphatic rings. The molecule has 0 aromatic heterocycles. The van der Waals surface area contributed by atoms with E-state index in [2.05, 4.69) is 10.6 Å². The fourth-order valence-electron chi connectivity index (χ4n) is 4.10. The summed E-state index contributed by atoms with van der Waals surface area (Å²) < 4.78 is 12.5. The molecule has 2 amide bonds. The Balaban J connectivity index is 1.81. The number of hydrogen-bond acceptors (Lipinski definition) is 5. The molecule has 3 aliphatic heterocycles. The van der Waals surface area contributed by atoms with Gasteiger partial charge in [0.2, 0.25) is 11.8 Å². The molecule has 4 atom stereocenters. The van der Waals surface area contributed by atoms with Crippen molar-refractivity contribution < 1.29 is 18.9 Å². The molecule has 140 valence electrons.